The summed E-state index contributed by atoms with van der Waals surface area (Å²) in [6.45, 7) is 11.5. The van der Waals surface area contributed by atoms with Crippen LogP contribution >= 0.6 is 31.9 Å². The van der Waals surface area contributed by atoms with Crippen molar-refractivity contribution in [2.24, 2.45) is 0 Å². The summed E-state index contributed by atoms with van der Waals surface area (Å²) >= 11 is 6.78. The van der Waals surface area contributed by atoms with Crippen molar-refractivity contribution in [3.63, 3.8) is 0 Å². The summed E-state index contributed by atoms with van der Waals surface area (Å²) in [4.78, 5) is 25.5. The highest BCUT2D eigenvalue weighted by Crippen LogP contribution is 2.30. The van der Waals surface area contributed by atoms with Gasteiger partial charge in [-0.15, -0.1) is 0 Å². The van der Waals surface area contributed by atoms with Crippen LogP contribution < -0.4 is 0 Å². The average Bonchev–Trinajstić information content (AvgIpc) is 2.48. The second-order valence-electron chi connectivity index (χ2n) is 7.61. The van der Waals surface area contributed by atoms with Crippen LogP contribution in [0.15, 0.2) is 21.1 Å². The first-order valence-corrected chi connectivity index (χ1v) is 10.5. The largest absolute Gasteiger partial charge is 0.456 e. The van der Waals surface area contributed by atoms with Crippen LogP contribution in [0.3, 0.4) is 0 Å². The van der Waals surface area contributed by atoms with Crippen molar-refractivity contribution < 1.29 is 19.1 Å². The van der Waals surface area contributed by atoms with E-state index in [1.54, 1.807) is 12.1 Å². The predicted octanol–water partition coefficient (Wildman–Crippen LogP) is 6.68. The summed E-state index contributed by atoms with van der Waals surface area (Å²) in [5, 5.41) is 0. The van der Waals surface area contributed by atoms with Gasteiger partial charge in [0, 0.05) is 8.95 Å². The molecule has 0 spiro atoms. The Kier molecular flexibility index (Phi) is 8.33. The molecule has 0 aliphatic heterocycles. The van der Waals surface area contributed by atoms with Crippen molar-refractivity contribution in [1.29, 1.82) is 0 Å². The maximum Gasteiger partial charge on any atom is 0.339 e. The third-order valence-corrected chi connectivity index (χ3v) is 5.79. The van der Waals surface area contributed by atoms with Crippen molar-refractivity contribution in [3.8, 4) is 0 Å². The summed E-state index contributed by atoms with van der Waals surface area (Å²) in [5.41, 5.74) is -0.815. The van der Waals surface area contributed by atoms with E-state index >= 15 is 0 Å². The fraction of sp³-hybridized carbons (Fsp3) is 0.600. The molecule has 0 unspecified atom stereocenters. The van der Waals surface area contributed by atoms with E-state index in [1.165, 1.54) is 0 Å². The van der Waals surface area contributed by atoms with Gasteiger partial charge >= 0.3 is 11.9 Å². The topological polar surface area (TPSA) is 52.6 Å². The molecule has 0 aliphatic rings. The first-order chi connectivity index (χ1) is 11.9. The van der Waals surface area contributed by atoms with E-state index in [4.69, 9.17) is 9.47 Å². The van der Waals surface area contributed by atoms with Gasteiger partial charge in [0.05, 0.1) is 11.1 Å². The van der Waals surface area contributed by atoms with Crippen molar-refractivity contribution >= 4 is 43.8 Å². The molecule has 0 radical (unpaired) electrons. The minimum atomic E-state index is -0.603. The van der Waals surface area contributed by atoms with Gasteiger partial charge in [0.15, 0.2) is 0 Å². The van der Waals surface area contributed by atoms with Crippen LogP contribution in [0.2, 0.25) is 0 Å². The molecule has 0 amide bonds. The molecule has 0 aromatic heterocycles. The van der Waals surface area contributed by atoms with Crippen molar-refractivity contribution in [1.82, 2.24) is 0 Å². The Bertz CT molecular complexity index is 609. The van der Waals surface area contributed by atoms with Crippen LogP contribution in [-0.2, 0) is 9.47 Å². The number of hydrogen-bond donors (Lipinski definition) is 0. The van der Waals surface area contributed by atoms with Gasteiger partial charge < -0.3 is 9.47 Å². The fourth-order valence-electron chi connectivity index (χ4n) is 2.80. The Hall–Kier alpha value is -0.880. The highest BCUT2D eigenvalue weighted by Gasteiger charge is 2.30. The molecule has 0 saturated carbocycles. The zero-order valence-corrected chi connectivity index (χ0v) is 19.5. The smallest absolute Gasteiger partial charge is 0.339 e. The standard InChI is InChI=1S/C20H28Br2O4/c1-7-9-19(3,4)25-17(23)13-11-15(21)16(22)12-14(13)18(24)26-20(5,6)10-8-2/h11-12H,7-10H2,1-6H3. The predicted molar refractivity (Wildman–Crippen MR) is 111 cm³/mol. The Labute approximate surface area is 173 Å². The van der Waals surface area contributed by atoms with E-state index in [0.717, 1.165) is 25.7 Å². The number of esters is 2. The number of rotatable bonds is 8. The molecular formula is C20H28Br2O4. The lowest BCUT2D eigenvalue weighted by molar-refractivity contribution is -0.00956. The Morgan fingerprint density at radius 2 is 1.12 bits per heavy atom. The van der Waals surface area contributed by atoms with Crippen LogP contribution in [0.25, 0.3) is 0 Å². The fourth-order valence-corrected chi connectivity index (χ4v) is 3.49. The van der Waals surface area contributed by atoms with Gasteiger partial charge in [0.2, 0.25) is 0 Å². The van der Waals surface area contributed by atoms with Gasteiger partial charge in [-0.3, -0.25) is 0 Å². The van der Waals surface area contributed by atoms with E-state index < -0.39 is 23.1 Å². The lowest BCUT2D eigenvalue weighted by Gasteiger charge is -2.27. The summed E-state index contributed by atoms with van der Waals surface area (Å²) in [5.74, 6) is -1.06. The van der Waals surface area contributed by atoms with Crippen molar-refractivity contribution in [3.05, 3.63) is 32.2 Å². The molecule has 0 saturated heterocycles. The van der Waals surface area contributed by atoms with E-state index in [0.29, 0.717) is 8.95 Å². The second kappa shape index (κ2) is 9.36. The molecule has 1 rings (SSSR count). The molecule has 146 valence electrons. The van der Waals surface area contributed by atoms with E-state index in [1.807, 2.05) is 41.5 Å². The number of carbonyl (C=O) groups excluding carboxylic acids is 2. The van der Waals surface area contributed by atoms with E-state index in [2.05, 4.69) is 31.9 Å². The summed E-state index contributed by atoms with van der Waals surface area (Å²) in [6, 6.07) is 3.19. The Morgan fingerprint density at radius 1 is 0.808 bits per heavy atom. The third kappa shape index (κ3) is 6.69. The number of ether oxygens (including phenoxy) is 2. The number of halogens is 2. The van der Waals surface area contributed by atoms with Crippen molar-refractivity contribution in [2.75, 3.05) is 0 Å². The average molecular weight is 492 g/mol. The highest BCUT2D eigenvalue weighted by atomic mass is 79.9. The molecule has 0 aliphatic carbocycles. The number of benzene rings is 1. The first-order valence-electron chi connectivity index (χ1n) is 8.88. The van der Waals surface area contributed by atoms with Gasteiger partial charge in [0.1, 0.15) is 11.2 Å². The Balaban J connectivity index is 3.22. The Morgan fingerprint density at radius 3 is 1.38 bits per heavy atom. The molecule has 1 aromatic rings. The van der Waals surface area contributed by atoms with Gasteiger partial charge in [-0.2, -0.15) is 0 Å². The highest BCUT2D eigenvalue weighted by molar-refractivity contribution is 9.13. The maximum atomic E-state index is 12.7. The van der Waals surface area contributed by atoms with Crippen LogP contribution in [0, 0.1) is 0 Å². The number of carbonyl (C=O) groups is 2. The maximum absolute atomic E-state index is 12.7. The lowest BCUT2D eigenvalue weighted by Crippen LogP contribution is -2.31. The molecule has 4 nitrogen and oxygen atoms in total. The van der Waals surface area contributed by atoms with Gasteiger partial charge in [-0.25, -0.2) is 9.59 Å². The number of hydrogen-bond acceptors (Lipinski definition) is 4. The first kappa shape index (κ1) is 23.2. The molecule has 1 aromatic carbocycles. The summed E-state index contributed by atoms with van der Waals surface area (Å²) in [6.07, 6.45) is 3.26. The monoisotopic (exact) mass is 490 g/mol. The van der Waals surface area contributed by atoms with Crippen LogP contribution in [0.4, 0.5) is 0 Å². The van der Waals surface area contributed by atoms with Gasteiger partial charge in [-0.05, 0) is 84.5 Å². The molecular weight excluding hydrogens is 464 g/mol. The second-order valence-corrected chi connectivity index (χ2v) is 9.32. The van der Waals surface area contributed by atoms with Crippen molar-refractivity contribution in [2.45, 2.75) is 78.4 Å². The molecule has 0 heterocycles. The van der Waals surface area contributed by atoms with E-state index in [9.17, 15) is 9.59 Å². The minimum absolute atomic E-state index is 0.196. The lowest BCUT2D eigenvalue weighted by atomic mass is 10.0. The zero-order chi connectivity index (χ0) is 20.1. The molecule has 6 heteroatoms. The molecule has 26 heavy (non-hydrogen) atoms. The van der Waals surface area contributed by atoms with Gasteiger partial charge in [-0.1, -0.05) is 26.7 Å². The van der Waals surface area contributed by atoms with Crippen LogP contribution in [0.1, 0.15) is 87.9 Å². The minimum Gasteiger partial charge on any atom is -0.456 e. The zero-order valence-electron chi connectivity index (χ0n) is 16.4. The molecule has 0 bridgehead atoms. The third-order valence-electron chi connectivity index (χ3n) is 3.94. The summed E-state index contributed by atoms with van der Waals surface area (Å²) in [7, 11) is 0. The summed E-state index contributed by atoms with van der Waals surface area (Å²) < 4.78 is 12.6. The molecule has 0 fully saturated rings. The van der Waals surface area contributed by atoms with Gasteiger partial charge in [0.25, 0.3) is 0 Å². The molecule has 0 N–H and O–H groups in total. The van der Waals surface area contributed by atoms with Crippen LogP contribution in [0.5, 0.6) is 0 Å². The quantitative estimate of drug-likeness (QED) is 0.380. The SMILES string of the molecule is CCCC(C)(C)OC(=O)c1cc(Br)c(Br)cc1C(=O)OC(C)(C)CCC. The van der Waals surface area contributed by atoms with Crippen LogP contribution in [-0.4, -0.2) is 23.1 Å². The normalized spacial score (nSPS) is 12.0. The molecule has 0 atom stereocenters. The van der Waals surface area contributed by atoms with E-state index in [-0.39, 0.29) is 11.1 Å².